The van der Waals surface area contributed by atoms with Gasteiger partial charge >= 0.3 is 7.60 Å². The van der Waals surface area contributed by atoms with Crippen LogP contribution in [0.1, 0.15) is 26.7 Å². The Kier molecular flexibility index (Phi) is 6.88. The molecule has 27 heavy (non-hydrogen) atoms. The van der Waals surface area contributed by atoms with Gasteiger partial charge < -0.3 is 13.6 Å². The molecule has 4 nitrogen and oxygen atoms in total. The second-order valence-corrected chi connectivity index (χ2v) is 9.41. The van der Waals surface area contributed by atoms with E-state index in [4.69, 9.17) is 32.2 Å². The summed E-state index contributed by atoms with van der Waals surface area (Å²) in [6, 6.07) is 11.8. The quantitative estimate of drug-likeness (QED) is 0.269. The minimum Gasteiger partial charge on any atom is -0.340 e. The molecular weight excluding hydrogens is 404 g/mol. The first-order valence-corrected chi connectivity index (χ1v) is 11.7. The average Bonchev–Trinajstić information content (AvgIpc) is 2.92. The van der Waals surface area contributed by atoms with Crippen molar-refractivity contribution in [2.45, 2.75) is 33.2 Å². The zero-order valence-corrected chi connectivity index (χ0v) is 18.0. The first kappa shape index (κ1) is 20.7. The van der Waals surface area contributed by atoms with Crippen LogP contribution in [0.4, 0.5) is 0 Å². The molecule has 3 aromatic rings. The van der Waals surface area contributed by atoms with Gasteiger partial charge in [-0.2, -0.15) is 0 Å². The van der Waals surface area contributed by atoms with Crippen molar-refractivity contribution in [3.8, 4) is 0 Å². The fourth-order valence-electron chi connectivity index (χ4n) is 3.42. The number of benzene rings is 2. The van der Waals surface area contributed by atoms with Crippen molar-refractivity contribution in [2.24, 2.45) is 0 Å². The third-order valence-corrected chi connectivity index (χ3v) is 7.14. The van der Waals surface area contributed by atoms with Gasteiger partial charge in [-0.25, -0.2) is 0 Å². The summed E-state index contributed by atoms with van der Waals surface area (Å²) in [5, 5.41) is 3.59. The van der Waals surface area contributed by atoms with E-state index in [1.165, 1.54) is 0 Å². The minimum atomic E-state index is -2.98. The maximum atomic E-state index is 12.6. The highest BCUT2D eigenvalue weighted by Gasteiger charge is 2.22. The lowest BCUT2D eigenvalue weighted by molar-refractivity contribution is 0.219. The Morgan fingerprint density at radius 3 is 1.89 bits per heavy atom. The summed E-state index contributed by atoms with van der Waals surface area (Å²) in [5.41, 5.74) is 2.24. The highest BCUT2D eigenvalue weighted by atomic mass is 35.5. The van der Waals surface area contributed by atoms with Crippen molar-refractivity contribution in [1.29, 1.82) is 0 Å². The molecule has 7 heteroatoms. The zero-order valence-electron chi connectivity index (χ0n) is 15.6. The number of unbranched alkanes of at least 4 members (excludes halogenated alkanes) is 1. The van der Waals surface area contributed by atoms with E-state index in [1.54, 1.807) is 0 Å². The molecule has 3 rings (SSSR count). The lowest BCUT2D eigenvalue weighted by Gasteiger charge is -2.17. The summed E-state index contributed by atoms with van der Waals surface area (Å²) in [4.78, 5) is 0. The predicted molar refractivity (Wildman–Crippen MR) is 114 cm³/mol. The monoisotopic (exact) mass is 427 g/mol. The third-order valence-electron chi connectivity index (χ3n) is 4.50. The highest BCUT2D eigenvalue weighted by molar-refractivity contribution is 7.53. The summed E-state index contributed by atoms with van der Waals surface area (Å²) in [6.07, 6.45) is 2.07. The van der Waals surface area contributed by atoms with E-state index in [-0.39, 0.29) is 0 Å². The fourth-order valence-corrected chi connectivity index (χ4v) is 5.50. The summed E-state index contributed by atoms with van der Waals surface area (Å²) < 4.78 is 25.6. The number of nitrogens with zero attached hydrogens (tertiary/aromatic N) is 1. The van der Waals surface area contributed by atoms with Gasteiger partial charge in [-0.3, -0.25) is 4.57 Å². The molecule has 0 aliphatic carbocycles. The molecule has 0 aliphatic heterocycles. The largest absolute Gasteiger partial charge is 0.340 e. The molecule has 0 amide bonds. The van der Waals surface area contributed by atoms with Gasteiger partial charge in [-0.05, 0) is 63.1 Å². The molecular formula is C20H24Cl2NO3P. The van der Waals surface area contributed by atoms with Crippen LogP contribution in [0.3, 0.4) is 0 Å². The minimum absolute atomic E-state index is 0.395. The lowest BCUT2D eigenvalue weighted by Crippen LogP contribution is -2.03. The average molecular weight is 428 g/mol. The SMILES string of the molecule is CCOP(=O)(CCCCn1c2ccc(Cl)cc2c2cc(Cl)ccc21)OCC. The van der Waals surface area contributed by atoms with E-state index < -0.39 is 7.60 Å². The van der Waals surface area contributed by atoms with Crippen molar-refractivity contribution in [3.63, 3.8) is 0 Å². The van der Waals surface area contributed by atoms with E-state index >= 15 is 0 Å². The molecule has 0 radical (unpaired) electrons. The molecule has 2 aromatic carbocycles. The first-order valence-electron chi connectivity index (χ1n) is 9.22. The van der Waals surface area contributed by atoms with Gasteiger partial charge in [0.2, 0.25) is 0 Å². The van der Waals surface area contributed by atoms with Gasteiger partial charge in [0.05, 0.1) is 19.4 Å². The highest BCUT2D eigenvalue weighted by Crippen LogP contribution is 2.48. The van der Waals surface area contributed by atoms with Crippen LogP contribution in [0.5, 0.6) is 0 Å². The predicted octanol–water partition coefficient (Wildman–Crippen LogP) is 7.15. The molecule has 1 aromatic heterocycles. The van der Waals surface area contributed by atoms with Gasteiger partial charge in [-0.15, -0.1) is 0 Å². The molecule has 0 N–H and O–H groups in total. The Bertz CT molecular complexity index is 917. The Balaban J connectivity index is 1.81. The van der Waals surface area contributed by atoms with Gasteiger partial charge in [0.25, 0.3) is 0 Å². The summed E-state index contributed by atoms with van der Waals surface area (Å²) in [5.74, 6) is 0. The number of fused-ring (bicyclic) bond motifs is 3. The first-order chi connectivity index (χ1) is 13.0. The number of rotatable bonds is 9. The molecule has 146 valence electrons. The summed E-state index contributed by atoms with van der Waals surface area (Å²) >= 11 is 12.4. The van der Waals surface area contributed by atoms with Crippen LogP contribution >= 0.6 is 30.8 Å². The lowest BCUT2D eigenvalue weighted by atomic mass is 10.1. The number of aryl methyl sites for hydroxylation is 1. The number of aromatic nitrogens is 1. The number of hydrogen-bond acceptors (Lipinski definition) is 3. The van der Waals surface area contributed by atoms with E-state index in [0.717, 1.165) is 41.2 Å². The smallest absolute Gasteiger partial charge is 0.330 e. The van der Waals surface area contributed by atoms with Crippen LogP contribution in [-0.2, 0) is 20.2 Å². The van der Waals surface area contributed by atoms with Gasteiger partial charge in [0, 0.05) is 38.4 Å². The normalized spacial score (nSPS) is 12.3. The molecule has 0 atom stereocenters. The van der Waals surface area contributed by atoms with Gasteiger partial charge in [0.15, 0.2) is 0 Å². The fraction of sp³-hybridized carbons (Fsp3) is 0.400. The molecule has 0 saturated heterocycles. The topological polar surface area (TPSA) is 40.5 Å². The van der Waals surface area contributed by atoms with E-state index in [2.05, 4.69) is 4.57 Å². The van der Waals surface area contributed by atoms with Gasteiger partial charge in [-0.1, -0.05) is 23.2 Å². The maximum Gasteiger partial charge on any atom is 0.330 e. The molecule has 0 aliphatic rings. The Morgan fingerprint density at radius 2 is 1.41 bits per heavy atom. The van der Waals surface area contributed by atoms with Crippen molar-refractivity contribution in [2.75, 3.05) is 19.4 Å². The van der Waals surface area contributed by atoms with Crippen molar-refractivity contribution in [1.82, 2.24) is 4.57 Å². The van der Waals surface area contributed by atoms with Crippen LogP contribution in [-0.4, -0.2) is 23.9 Å². The Labute approximate surface area is 169 Å². The van der Waals surface area contributed by atoms with Crippen LogP contribution < -0.4 is 0 Å². The van der Waals surface area contributed by atoms with E-state index in [1.807, 2.05) is 50.2 Å². The molecule has 0 spiro atoms. The van der Waals surface area contributed by atoms with Crippen molar-refractivity contribution >= 4 is 52.6 Å². The van der Waals surface area contributed by atoms with Crippen LogP contribution in [0.2, 0.25) is 10.0 Å². The third kappa shape index (κ3) is 4.70. The number of halogens is 2. The van der Waals surface area contributed by atoms with Gasteiger partial charge in [0.1, 0.15) is 0 Å². The maximum absolute atomic E-state index is 12.6. The standard InChI is InChI=1S/C20H24Cl2NO3P/c1-3-25-27(24,26-4-2)12-6-5-11-23-19-9-7-15(21)13-17(19)18-14-16(22)8-10-20(18)23/h7-10,13-14H,3-6,11-12H2,1-2H3. The molecule has 0 saturated carbocycles. The van der Waals surface area contributed by atoms with Crippen LogP contribution in [0.25, 0.3) is 21.8 Å². The number of hydrogen-bond donors (Lipinski definition) is 0. The molecule has 0 unspecified atom stereocenters. The molecule has 0 bridgehead atoms. The molecule has 1 heterocycles. The van der Waals surface area contributed by atoms with Crippen molar-refractivity contribution < 1.29 is 13.6 Å². The van der Waals surface area contributed by atoms with E-state index in [9.17, 15) is 4.57 Å². The molecule has 0 fully saturated rings. The van der Waals surface area contributed by atoms with Crippen LogP contribution in [0, 0.1) is 0 Å². The second kappa shape index (κ2) is 8.98. The van der Waals surface area contributed by atoms with Crippen molar-refractivity contribution in [3.05, 3.63) is 46.4 Å². The van der Waals surface area contributed by atoms with Crippen LogP contribution in [0.15, 0.2) is 36.4 Å². The Morgan fingerprint density at radius 1 is 0.889 bits per heavy atom. The second-order valence-electron chi connectivity index (χ2n) is 6.35. The Hall–Kier alpha value is -1.03. The van der Waals surface area contributed by atoms with E-state index in [0.29, 0.717) is 29.4 Å². The summed E-state index contributed by atoms with van der Waals surface area (Å²) in [6.45, 7) is 5.26. The summed E-state index contributed by atoms with van der Waals surface area (Å²) in [7, 11) is -2.98. The zero-order chi connectivity index (χ0) is 19.4.